The van der Waals surface area contributed by atoms with Gasteiger partial charge in [0, 0.05) is 49.7 Å². The van der Waals surface area contributed by atoms with Crippen LogP contribution in [0.5, 0.6) is 0 Å². The monoisotopic (exact) mass is 553 g/mol. The predicted octanol–water partition coefficient (Wildman–Crippen LogP) is 3.35. The van der Waals surface area contributed by atoms with E-state index in [-0.39, 0.29) is 11.4 Å². The van der Waals surface area contributed by atoms with Gasteiger partial charge in [-0.05, 0) is 43.8 Å². The third-order valence-corrected chi connectivity index (χ3v) is 6.27. The van der Waals surface area contributed by atoms with Crippen molar-refractivity contribution >= 4 is 29.2 Å². The van der Waals surface area contributed by atoms with E-state index < -0.39 is 17.6 Å². The molecule has 0 aliphatic carbocycles. The second-order valence-corrected chi connectivity index (χ2v) is 9.20. The molecule has 12 nitrogen and oxygen atoms in total. The molecule has 3 aromatic heterocycles. The summed E-state index contributed by atoms with van der Waals surface area (Å²) in [6, 6.07) is 8.20. The molecule has 5 rings (SSSR count). The van der Waals surface area contributed by atoms with Crippen molar-refractivity contribution in [2.24, 2.45) is 0 Å². The average molecular weight is 554 g/mol. The number of amides is 1. The molecule has 1 fully saturated rings. The fourth-order valence-electron chi connectivity index (χ4n) is 3.98. The van der Waals surface area contributed by atoms with Crippen LogP contribution < -0.4 is 16.1 Å². The zero-order valence-electron chi connectivity index (χ0n) is 21.6. The van der Waals surface area contributed by atoms with E-state index in [2.05, 4.69) is 58.1 Å². The van der Waals surface area contributed by atoms with Gasteiger partial charge in [-0.2, -0.15) is 27.9 Å². The van der Waals surface area contributed by atoms with Crippen molar-refractivity contribution in [1.82, 2.24) is 39.6 Å². The number of nitrogens with one attached hydrogen (secondary N) is 3. The summed E-state index contributed by atoms with van der Waals surface area (Å²) < 4.78 is 40.6. The van der Waals surface area contributed by atoms with Crippen LogP contribution in [0.4, 0.5) is 36.4 Å². The number of nitrogens with zero attached hydrogens (tertiary/aromatic N) is 8. The van der Waals surface area contributed by atoms with Crippen molar-refractivity contribution in [3.05, 3.63) is 71.9 Å². The van der Waals surface area contributed by atoms with Crippen LogP contribution in [0.15, 0.2) is 55.2 Å². The van der Waals surface area contributed by atoms with E-state index in [1.807, 2.05) is 6.92 Å². The number of aryl methyl sites for hydroxylation is 1. The summed E-state index contributed by atoms with van der Waals surface area (Å²) in [6.45, 7) is 5.41. The van der Waals surface area contributed by atoms with Gasteiger partial charge in [0.1, 0.15) is 24.3 Å². The quantitative estimate of drug-likeness (QED) is 0.313. The molecule has 15 heteroatoms. The number of likely N-dealkylation sites (N-methyl/N-ethyl adjacent to an activating group) is 1. The highest BCUT2D eigenvalue weighted by Gasteiger charge is 2.31. The number of anilines is 4. The lowest BCUT2D eigenvalue weighted by Gasteiger charge is -2.32. The van der Waals surface area contributed by atoms with Crippen molar-refractivity contribution < 1.29 is 18.0 Å². The van der Waals surface area contributed by atoms with E-state index in [4.69, 9.17) is 0 Å². The second kappa shape index (κ2) is 11.2. The van der Waals surface area contributed by atoms with Crippen LogP contribution in [0, 0.1) is 6.92 Å². The number of hydrazine groups is 1. The summed E-state index contributed by atoms with van der Waals surface area (Å²) in [5.41, 5.74) is 3.94. The molecular weight excluding hydrogens is 527 g/mol. The number of carbonyl (C=O) groups excluding carboxylic acids is 1. The number of hydrogen-bond donors (Lipinski definition) is 3. The zero-order valence-corrected chi connectivity index (χ0v) is 21.6. The number of alkyl halides is 3. The Hall–Kier alpha value is -4.63. The first-order valence-corrected chi connectivity index (χ1v) is 12.3. The molecule has 1 aliphatic heterocycles. The van der Waals surface area contributed by atoms with Gasteiger partial charge in [0.05, 0.1) is 5.56 Å². The molecule has 1 aliphatic rings. The van der Waals surface area contributed by atoms with Crippen LogP contribution in [0.2, 0.25) is 0 Å². The van der Waals surface area contributed by atoms with Gasteiger partial charge in [0.15, 0.2) is 5.82 Å². The summed E-state index contributed by atoms with van der Waals surface area (Å²) in [6.07, 6.45) is -0.766. The molecule has 0 saturated carbocycles. The Balaban J connectivity index is 1.32. The van der Waals surface area contributed by atoms with Gasteiger partial charge in [0.2, 0.25) is 5.95 Å². The van der Waals surface area contributed by atoms with Gasteiger partial charge in [0.25, 0.3) is 5.91 Å². The molecule has 4 aromatic rings. The molecular formula is C25H26F3N11O. The second-order valence-electron chi connectivity index (χ2n) is 9.20. The standard InChI is InChI=1S/C25H26F3N11O/c1-16-3-4-17(23(40)35-20-12-18(5-6-29-20)25(26,27)28)11-19(16)34-24-32-15-33-39(24)22-13-21(30-14-31-22)36-38-9-7-37(2)8-10-38/h3-6,11-15H,7-10H2,1-2H3,(H,29,35,40)(H,30,31,36)(H,32,33,34). The molecule has 4 heterocycles. The number of piperazine rings is 1. The smallest absolute Gasteiger partial charge is 0.324 e. The number of aromatic nitrogens is 6. The Morgan fingerprint density at radius 1 is 0.925 bits per heavy atom. The van der Waals surface area contributed by atoms with Crippen LogP contribution in [0.25, 0.3) is 5.82 Å². The molecule has 0 unspecified atom stereocenters. The summed E-state index contributed by atoms with van der Waals surface area (Å²) >= 11 is 0. The Labute approximate surface area is 227 Å². The number of halogens is 3. The maximum atomic E-state index is 13.0. The Bertz CT molecular complexity index is 1500. The van der Waals surface area contributed by atoms with E-state index in [9.17, 15) is 18.0 Å². The largest absolute Gasteiger partial charge is 0.416 e. The van der Waals surface area contributed by atoms with Crippen LogP contribution >= 0.6 is 0 Å². The zero-order chi connectivity index (χ0) is 28.3. The summed E-state index contributed by atoms with van der Waals surface area (Å²) in [5.74, 6) is 0.582. The van der Waals surface area contributed by atoms with Crippen molar-refractivity contribution in [1.29, 1.82) is 0 Å². The molecule has 3 N–H and O–H groups in total. The van der Waals surface area contributed by atoms with Gasteiger partial charge in [-0.1, -0.05) is 6.07 Å². The highest BCUT2D eigenvalue weighted by atomic mass is 19.4. The highest BCUT2D eigenvalue weighted by Crippen LogP contribution is 2.30. The maximum Gasteiger partial charge on any atom is 0.416 e. The molecule has 0 radical (unpaired) electrons. The van der Waals surface area contributed by atoms with Crippen molar-refractivity contribution in [2.45, 2.75) is 13.1 Å². The lowest BCUT2D eigenvalue weighted by atomic mass is 10.1. The third-order valence-electron chi connectivity index (χ3n) is 6.27. The first kappa shape index (κ1) is 27.0. The van der Waals surface area contributed by atoms with Crippen molar-refractivity contribution in [2.75, 3.05) is 49.3 Å². The minimum atomic E-state index is -4.55. The normalized spacial score (nSPS) is 14.6. The third kappa shape index (κ3) is 6.32. The SMILES string of the molecule is Cc1ccc(C(=O)Nc2cc(C(F)(F)F)ccn2)cc1Nc1ncnn1-c1cc(NN2CCN(C)CC2)ncn1. The lowest BCUT2D eigenvalue weighted by Crippen LogP contribution is -2.47. The van der Waals surface area contributed by atoms with Gasteiger partial charge < -0.3 is 21.0 Å². The van der Waals surface area contributed by atoms with E-state index >= 15 is 0 Å². The Kier molecular flexibility index (Phi) is 7.57. The van der Waals surface area contributed by atoms with Gasteiger partial charge in [-0.15, -0.1) is 0 Å². The number of rotatable bonds is 7. The molecule has 1 aromatic carbocycles. The average Bonchev–Trinajstić information content (AvgIpc) is 3.39. The molecule has 1 amide bonds. The fourth-order valence-corrected chi connectivity index (χ4v) is 3.98. The molecule has 208 valence electrons. The first-order valence-electron chi connectivity index (χ1n) is 12.3. The fraction of sp³-hybridized carbons (Fsp3) is 0.280. The van der Waals surface area contributed by atoms with Crippen LogP contribution in [-0.2, 0) is 6.18 Å². The van der Waals surface area contributed by atoms with E-state index in [1.54, 1.807) is 24.3 Å². The van der Waals surface area contributed by atoms with E-state index in [1.165, 1.54) is 17.3 Å². The number of carbonyl (C=O) groups is 1. The Morgan fingerprint density at radius 3 is 2.50 bits per heavy atom. The first-order chi connectivity index (χ1) is 19.2. The lowest BCUT2D eigenvalue weighted by molar-refractivity contribution is -0.137. The summed E-state index contributed by atoms with van der Waals surface area (Å²) in [5, 5.41) is 11.9. The molecule has 0 bridgehead atoms. The Morgan fingerprint density at radius 2 is 1.73 bits per heavy atom. The van der Waals surface area contributed by atoms with E-state index in [0.717, 1.165) is 50.1 Å². The highest BCUT2D eigenvalue weighted by molar-refractivity contribution is 6.04. The van der Waals surface area contributed by atoms with E-state index in [0.29, 0.717) is 23.3 Å². The topological polar surface area (TPSA) is 129 Å². The van der Waals surface area contributed by atoms with Crippen molar-refractivity contribution in [3.8, 4) is 5.82 Å². The molecule has 0 atom stereocenters. The van der Waals surface area contributed by atoms with Gasteiger partial charge >= 0.3 is 6.18 Å². The minimum Gasteiger partial charge on any atom is -0.324 e. The maximum absolute atomic E-state index is 13.0. The molecule has 0 spiro atoms. The van der Waals surface area contributed by atoms with Crippen molar-refractivity contribution in [3.63, 3.8) is 0 Å². The minimum absolute atomic E-state index is 0.207. The predicted molar refractivity (Wildman–Crippen MR) is 141 cm³/mol. The van der Waals surface area contributed by atoms with Crippen LogP contribution in [0.3, 0.4) is 0 Å². The van der Waals surface area contributed by atoms with Crippen LogP contribution in [0.1, 0.15) is 21.5 Å². The molecule has 1 saturated heterocycles. The van der Waals surface area contributed by atoms with Crippen LogP contribution in [-0.4, -0.2) is 78.8 Å². The number of benzene rings is 1. The van der Waals surface area contributed by atoms with Gasteiger partial charge in [-0.3, -0.25) is 4.79 Å². The number of hydrogen-bond acceptors (Lipinski definition) is 10. The summed E-state index contributed by atoms with van der Waals surface area (Å²) in [7, 11) is 2.08. The number of pyridine rings is 1. The van der Waals surface area contributed by atoms with Gasteiger partial charge in [-0.25, -0.2) is 20.0 Å². The molecule has 40 heavy (non-hydrogen) atoms. The summed E-state index contributed by atoms with van der Waals surface area (Å²) in [4.78, 5) is 31.8.